The number of hydrogen-bond acceptors (Lipinski definition) is 2. The first-order chi connectivity index (χ1) is 28.7. The van der Waals surface area contributed by atoms with Crippen molar-refractivity contribution in [1.82, 2.24) is 19.9 Å². The highest BCUT2D eigenvalue weighted by molar-refractivity contribution is 6.01. The maximum atomic E-state index is 5.67. The van der Waals surface area contributed by atoms with Crippen molar-refractivity contribution in [1.29, 1.82) is 0 Å². The molecule has 4 nitrogen and oxygen atoms in total. The Morgan fingerprint density at radius 2 is 0.776 bits per heavy atom. The third-order valence-electron chi connectivity index (χ3n) is 10.5. The fourth-order valence-corrected chi connectivity index (χ4v) is 7.81. The summed E-state index contributed by atoms with van der Waals surface area (Å²) in [6, 6.07) is 56.0. The lowest BCUT2D eigenvalue weighted by Gasteiger charge is -2.07. The standard InChI is InChI=1S/C54H34N4/c1-2-36-23-25-37(26-24-36)27-28-42-35-49-52(40-19-11-5-12-20-40)47-32-31-45(56-47)50(38-15-7-3-8-16-38)43-29-30-44(55-43)51(39-17-9-4-10-18-39)46-33-34-48(57-46)53(54(42)58-49)41-21-13-6-14-22-41/h1,3-26,29-35,55,58H. The SMILES string of the molecule is C#Cc1ccc(C#Cc2cc3[nH]c2c(-c2ccccc2)c2nc(c(-c4ccccc4)c4ccc([nH]4)c(-c4ccccc4)c4nc(c3-c3ccccc3)C=C4)C=C2)cc1. The van der Waals surface area contributed by atoms with Gasteiger partial charge in [0.05, 0.1) is 33.9 Å². The molecule has 58 heavy (non-hydrogen) atoms. The average molecular weight is 739 g/mol. The van der Waals surface area contributed by atoms with Crippen LogP contribution < -0.4 is 0 Å². The van der Waals surface area contributed by atoms with Crippen LogP contribution in [0.15, 0.2) is 164 Å². The van der Waals surface area contributed by atoms with Gasteiger partial charge in [-0.25, -0.2) is 9.97 Å². The van der Waals surface area contributed by atoms with Crippen molar-refractivity contribution in [2.75, 3.05) is 0 Å². The van der Waals surface area contributed by atoms with Crippen molar-refractivity contribution in [2.24, 2.45) is 0 Å². The third-order valence-corrected chi connectivity index (χ3v) is 10.5. The summed E-state index contributed by atoms with van der Waals surface area (Å²) in [4.78, 5) is 18.6. The van der Waals surface area contributed by atoms with Gasteiger partial charge < -0.3 is 9.97 Å². The van der Waals surface area contributed by atoms with E-state index in [1.165, 1.54) is 0 Å². The van der Waals surface area contributed by atoms with Crippen LogP contribution in [0.5, 0.6) is 0 Å². The van der Waals surface area contributed by atoms with E-state index in [4.69, 9.17) is 16.4 Å². The van der Waals surface area contributed by atoms with Gasteiger partial charge >= 0.3 is 0 Å². The van der Waals surface area contributed by atoms with Crippen molar-refractivity contribution in [3.05, 3.63) is 203 Å². The van der Waals surface area contributed by atoms with Crippen molar-refractivity contribution in [3.63, 3.8) is 0 Å². The highest BCUT2D eigenvalue weighted by Crippen LogP contribution is 2.39. The molecule has 8 bridgehead atoms. The van der Waals surface area contributed by atoms with Crippen LogP contribution in [-0.4, -0.2) is 19.9 Å². The van der Waals surface area contributed by atoms with Crippen molar-refractivity contribution in [3.8, 4) is 68.7 Å². The number of H-pyrrole nitrogens is 2. The summed E-state index contributed by atoms with van der Waals surface area (Å²) in [5, 5.41) is 0. The zero-order chi connectivity index (χ0) is 38.8. The number of nitrogens with zero attached hydrogens (tertiary/aromatic N) is 2. The van der Waals surface area contributed by atoms with Gasteiger partial charge in [0.1, 0.15) is 0 Å². The number of fused-ring (bicyclic) bond motifs is 8. The summed E-state index contributed by atoms with van der Waals surface area (Å²) in [7, 11) is 0. The van der Waals surface area contributed by atoms with Crippen LogP contribution in [0.1, 0.15) is 39.5 Å². The monoisotopic (exact) mass is 738 g/mol. The van der Waals surface area contributed by atoms with E-state index in [1.54, 1.807) is 0 Å². The zero-order valence-corrected chi connectivity index (χ0v) is 31.4. The highest BCUT2D eigenvalue weighted by atomic mass is 14.8. The minimum atomic E-state index is 0.815. The summed E-state index contributed by atoms with van der Waals surface area (Å²) in [6.07, 6.45) is 14.1. The Balaban J connectivity index is 1.40. The van der Waals surface area contributed by atoms with Crippen LogP contribution in [0, 0.1) is 24.2 Å². The molecule has 0 saturated heterocycles. The molecule has 8 aromatic rings. The predicted molar refractivity (Wildman–Crippen MR) is 241 cm³/mol. The van der Waals surface area contributed by atoms with Gasteiger partial charge in [-0.1, -0.05) is 139 Å². The minimum absolute atomic E-state index is 0.815. The number of terminal acetylenes is 1. The Morgan fingerprint density at radius 3 is 1.22 bits per heavy atom. The van der Waals surface area contributed by atoms with E-state index in [1.807, 2.05) is 48.5 Å². The van der Waals surface area contributed by atoms with Crippen LogP contribution in [-0.2, 0) is 0 Å². The summed E-state index contributed by atoms with van der Waals surface area (Å²) < 4.78 is 0. The number of nitrogens with one attached hydrogen (secondary N) is 2. The molecular weight excluding hydrogens is 705 g/mol. The van der Waals surface area contributed by atoms with Gasteiger partial charge in [0.15, 0.2) is 0 Å². The zero-order valence-electron chi connectivity index (χ0n) is 31.4. The number of rotatable bonds is 4. The fourth-order valence-electron chi connectivity index (χ4n) is 7.81. The molecule has 270 valence electrons. The molecule has 5 aromatic carbocycles. The van der Waals surface area contributed by atoms with Gasteiger partial charge in [-0.15, -0.1) is 6.42 Å². The number of benzene rings is 5. The maximum absolute atomic E-state index is 5.67. The first kappa shape index (κ1) is 34.3. The fraction of sp³-hybridized carbons (Fsp3) is 0. The largest absolute Gasteiger partial charge is 0.354 e. The van der Waals surface area contributed by atoms with Crippen molar-refractivity contribution in [2.45, 2.75) is 0 Å². The Morgan fingerprint density at radius 1 is 0.379 bits per heavy atom. The lowest BCUT2D eigenvalue weighted by Crippen LogP contribution is -1.90. The Bertz CT molecular complexity index is 3190. The quantitative estimate of drug-likeness (QED) is 0.177. The normalized spacial score (nSPS) is 11.5. The number of aromatic amines is 2. The molecule has 3 aromatic heterocycles. The molecule has 0 fully saturated rings. The van der Waals surface area contributed by atoms with Gasteiger partial charge in [-0.3, -0.25) is 0 Å². The Labute approximate surface area is 337 Å². The van der Waals surface area contributed by atoms with Crippen LogP contribution in [0.3, 0.4) is 0 Å². The van der Waals surface area contributed by atoms with Gasteiger partial charge in [0, 0.05) is 49.9 Å². The summed E-state index contributed by atoms with van der Waals surface area (Å²) in [6.45, 7) is 0. The van der Waals surface area contributed by atoms with E-state index < -0.39 is 0 Å². The topological polar surface area (TPSA) is 57.4 Å². The third kappa shape index (κ3) is 6.42. The molecule has 0 aliphatic carbocycles. The van der Waals surface area contributed by atoms with Gasteiger partial charge in [-0.05, 0) is 89.0 Å². The minimum Gasteiger partial charge on any atom is -0.354 e. The van der Waals surface area contributed by atoms with Gasteiger partial charge in [0.25, 0.3) is 0 Å². The summed E-state index contributed by atoms with van der Waals surface area (Å²) >= 11 is 0. The van der Waals surface area contributed by atoms with E-state index in [0.717, 1.165) is 106 Å². The second-order valence-corrected chi connectivity index (χ2v) is 14.1. The van der Waals surface area contributed by atoms with E-state index in [-0.39, 0.29) is 0 Å². The van der Waals surface area contributed by atoms with Crippen LogP contribution in [0.2, 0.25) is 0 Å². The first-order valence-electron chi connectivity index (χ1n) is 19.2. The van der Waals surface area contributed by atoms with Gasteiger partial charge in [0.2, 0.25) is 0 Å². The van der Waals surface area contributed by atoms with Gasteiger partial charge in [-0.2, -0.15) is 0 Å². The van der Waals surface area contributed by atoms with E-state index >= 15 is 0 Å². The van der Waals surface area contributed by atoms with E-state index in [9.17, 15) is 0 Å². The van der Waals surface area contributed by atoms with Crippen LogP contribution in [0.25, 0.3) is 90.9 Å². The van der Waals surface area contributed by atoms with Crippen LogP contribution in [0.4, 0.5) is 0 Å². The Hall–Kier alpha value is -8.18. The first-order valence-corrected chi connectivity index (χ1v) is 19.2. The maximum Gasteiger partial charge on any atom is 0.0737 e. The molecule has 2 aliphatic rings. The molecule has 0 atom stereocenters. The summed E-state index contributed by atoms with van der Waals surface area (Å²) in [5.41, 5.74) is 17.7. The number of hydrogen-bond donors (Lipinski definition) is 2. The molecule has 4 heteroatoms. The molecule has 0 saturated carbocycles. The van der Waals surface area contributed by atoms with E-state index in [0.29, 0.717) is 0 Å². The van der Waals surface area contributed by atoms with Crippen molar-refractivity contribution >= 4 is 46.4 Å². The molecule has 2 N–H and O–H groups in total. The molecule has 5 heterocycles. The van der Waals surface area contributed by atoms with E-state index in [2.05, 4.69) is 167 Å². The molecular formula is C54H34N4. The lowest BCUT2D eigenvalue weighted by atomic mass is 10.0. The second kappa shape index (κ2) is 14.8. The molecule has 0 spiro atoms. The van der Waals surface area contributed by atoms with Crippen molar-refractivity contribution < 1.29 is 0 Å². The molecule has 2 aliphatic heterocycles. The molecule has 0 amide bonds. The second-order valence-electron chi connectivity index (χ2n) is 14.1. The van der Waals surface area contributed by atoms with Crippen LogP contribution >= 0.6 is 0 Å². The molecule has 0 unspecified atom stereocenters. The average Bonchev–Trinajstić information content (AvgIpc) is 4.12. The summed E-state index contributed by atoms with van der Waals surface area (Å²) in [5.74, 6) is 9.70. The predicted octanol–water partition coefficient (Wildman–Crippen LogP) is 12.7. The number of aromatic nitrogens is 4. The molecule has 0 radical (unpaired) electrons. The highest BCUT2D eigenvalue weighted by Gasteiger charge is 2.20. The molecule has 10 rings (SSSR count). The lowest BCUT2D eigenvalue weighted by molar-refractivity contribution is 1.31. The Kier molecular flexibility index (Phi) is 8.76. The smallest absolute Gasteiger partial charge is 0.0737 e.